The number of allylic oxidation sites excluding steroid dienone is 2. The predicted octanol–water partition coefficient (Wildman–Crippen LogP) is 2.93. The van der Waals surface area contributed by atoms with Crippen LogP contribution < -0.4 is 0 Å². The Kier molecular flexibility index (Phi) is 3.45. The lowest BCUT2D eigenvalue weighted by atomic mass is 9.70. The zero-order chi connectivity index (χ0) is 13.6. The van der Waals surface area contributed by atoms with Gasteiger partial charge in [0.25, 0.3) is 0 Å². The maximum Gasteiger partial charge on any atom is 0.490 e. The molecule has 1 aliphatic heterocycles. The van der Waals surface area contributed by atoms with Gasteiger partial charge < -0.3 is 9.31 Å². The average molecular weight is 250 g/mol. The molecule has 4 heteroatoms. The zero-order valence-electron chi connectivity index (χ0n) is 12.1. The quantitative estimate of drug-likeness (QED) is 0.707. The molecule has 1 aliphatic carbocycles. The number of ketones is 1. The van der Waals surface area contributed by atoms with Gasteiger partial charge in [-0.05, 0) is 59.4 Å². The second kappa shape index (κ2) is 4.50. The fourth-order valence-electron chi connectivity index (χ4n) is 2.43. The van der Waals surface area contributed by atoms with E-state index in [1.807, 2.05) is 0 Å². The minimum atomic E-state index is -0.282. The third-order valence-electron chi connectivity index (χ3n) is 4.58. The molecule has 0 bridgehead atoms. The molecule has 1 fully saturated rings. The molecule has 3 nitrogen and oxygen atoms in total. The molecular formula is C14H23BO3. The maximum absolute atomic E-state index is 11.3. The van der Waals surface area contributed by atoms with E-state index in [0.717, 1.165) is 19.3 Å². The Balaban J connectivity index is 2.06. The van der Waals surface area contributed by atoms with Gasteiger partial charge in [0.05, 0.1) is 11.2 Å². The predicted molar refractivity (Wildman–Crippen MR) is 72.2 cm³/mol. The van der Waals surface area contributed by atoms with Crippen LogP contribution in [0.2, 0.25) is 0 Å². The van der Waals surface area contributed by atoms with Crippen molar-refractivity contribution < 1.29 is 14.1 Å². The van der Waals surface area contributed by atoms with Crippen LogP contribution in [0.1, 0.15) is 53.9 Å². The highest BCUT2D eigenvalue weighted by Gasteiger charge is 2.52. The van der Waals surface area contributed by atoms with E-state index in [0.29, 0.717) is 5.78 Å². The van der Waals surface area contributed by atoms with E-state index in [2.05, 4.69) is 33.8 Å². The van der Waals surface area contributed by atoms with Crippen LogP contribution in [0.5, 0.6) is 0 Å². The topological polar surface area (TPSA) is 35.5 Å². The molecule has 0 spiro atoms. The smallest absolute Gasteiger partial charge is 0.400 e. The van der Waals surface area contributed by atoms with E-state index in [1.165, 1.54) is 5.47 Å². The van der Waals surface area contributed by atoms with Crippen LogP contribution >= 0.6 is 0 Å². The SMILES string of the molecule is CC(=O)[C@H]1CC=C(B2OC(C)(C)C(C)(C)O2)CC1. The van der Waals surface area contributed by atoms with E-state index >= 15 is 0 Å². The normalized spacial score (nSPS) is 30.2. The lowest BCUT2D eigenvalue weighted by Gasteiger charge is -2.32. The van der Waals surface area contributed by atoms with Gasteiger partial charge in [-0.3, -0.25) is 4.79 Å². The summed E-state index contributed by atoms with van der Waals surface area (Å²) in [5.41, 5.74) is 0.637. The van der Waals surface area contributed by atoms with E-state index < -0.39 is 0 Å². The Morgan fingerprint density at radius 2 is 1.83 bits per heavy atom. The van der Waals surface area contributed by atoms with Crippen LogP contribution in [0.25, 0.3) is 0 Å². The number of hydrogen-bond donors (Lipinski definition) is 0. The van der Waals surface area contributed by atoms with Crippen molar-refractivity contribution in [1.29, 1.82) is 0 Å². The summed E-state index contributed by atoms with van der Waals surface area (Å²) in [7, 11) is -0.233. The number of Topliss-reactive ketones (excluding diaryl/α,β-unsaturated/α-hetero) is 1. The molecule has 2 aliphatic rings. The number of carbonyl (C=O) groups is 1. The molecule has 0 aromatic rings. The Morgan fingerprint density at radius 1 is 1.28 bits per heavy atom. The van der Waals surface area contributed by atoms with Crippen molar-refractivity contribution in [2.75, 3.05) is 0 Å². The summed E-state index contributed by atoms with van der Waals surface area (Å²) in [6, 6.07) is 0. The second-order valence-corrected chi connectivity index (χ2v) is 6.45. The van der Waals surface area contributed by atoms with Gasteiger partial charge in [0.15, 0.2) is 0 Å². The Morgan fingerprint density at radius 3 is 2.22 bits per heavy atom. The van der Waals surface area contributed by atoms with E-state index in [1.54, 1.807) is 6.92 Å². The molecule has 0 N–H and O–H groups in total. The largest absolute Gasteiger partial charge is 0.490 e. The second-order valence-electron chi connectivity index (χ2n) is 6.45. The van der Waals surface area contributed by atoms with Crippen LogP contribution in [0.15, 0.2) is 11.5 Å². The third-order valence-corrected chi connectivity index (χ3v) is 4.58. The highest BCUT2D eigenvalue weighted by molar-refractivity contribution is 6.54. The minimum absolute atomic E-state index is 0.191. The lowest BCUT2D eigenvalue weighted by molar-refractivity contribution is -0.120. The molecule has 2 rings (SSSR count). The molecule has 18 heavy (non-hydrogen) atoms. The Bertz CT molecular complexity index is 369. The fourth-order valence-corrected chi connectivity index (χ4v) is 2.43. The van der Waals surface area contributed by atoms with Crippen LogP contribution in [0.4, 0.5) is 0 Å². The number of hydrogen-bond acceptors (Lipinski definition) is 3. The average Bonchev–Trinajstić information content (AvgIpc) is 2.48. The van der Waals surface area contributed by atoms with Crippen molar-refractivity contribution in [2.45, 2.75) is 65.1 Å². The van der Waals surface area contributed by atoms with Crippen molar-refractivity contribution in [2.24, 2.45) is 5.92 Å². The summed E-state index contributed by atoms with van der Waals surface area (Å²) in [4.78, 5) is 11.3. The molecule has 1 saturated heterocycles. The molecule has 0 saturated carbocycles. The minimum Gasteiger partial charge on any atom is -0.400 e. The summed E-state index contributed by atoms with van der Waals surface area (Å²) < 4.78 is 12.0. The Labute approximate surface area is 110 Å². The maximum atomic E-state index is 11.3. The summed E-state index contributed by atoms with van der Waals surface area (Å²) in [6.45, 7) is 9.94. The first kappa shape index (κ1) is 13.8. The molecule has 100 valence electrons. The van der Waals surface area contributed by atoms with Crippen LogP contribution in [0.3, 0.4) is 0 Å². The standard InChI is InChI=1S/C14H23BO3/c1-10(16)11-6-8-12(9-7-11)15-17-13(2,3)14(4,5)18-15/h8,11H,6-7,9H2,1-5H3/t11-/m0/s1. The van der Waals surface area contributed by atoms with Crippen molar-refractivity contribution in [3.05, 3.63) is 11.5 Å². The van der Waals surface area contributed by atoms with E-state index in [4.69, 9.17) is 9.31 Å². The van der Waals surface area contributed by atoms with Gasteiger partial charge in [-0.15, -0.1) is 0 Å². The highest BCUT2D eigenvalue weighted by atomic mass is 16.7. The van der Waals surface area contributed by atoms with Crippen molar-refractivity contribution in [3.63, 3.8) is 0 Å². The molecule has 0 aromatic carbocycles. The number of rotatable bonds is 2. The van der Waals surface area contributed by atoms with Crippen molar-refractivity contribution in [1.82, 2.24) is 0 Å². The molecule has 1 atom stereocenters. The molecule has 0 unspecified atom stereocenters. The van der Waals surface area contributed by atoms with Gasteiger partial charge in [0.1, 0.15) is 5.78 Å². The van der Waals surface area contributed by atoms with E-state index in [9.17, 15) is 4.79 Å². The highest BCUT2D eigenvalue weighted by Crippen LogP contribution is 2.40. The van der Waals surface area contributed by atoms with Gasteiger partial charge >= 0.3 is 7.12 Å². The molecule has 0 radical (unpaired) electrons. The van der Waals surface area contributed by atoms with Gasteiger partial charge in [-0.2, -0.15) is 0 Å². The van der Waals surface area contributed by atoms with Gasteiger partial charge in [-0.1, -0.05) is 6.08 Å². The van der Waals surface area contributed by atoms with Gasteiger partial charge in [-0.25, -0.2) is 0 Å². The Hall–Kier alpha value is -0.605. The first-order chi connectivity index (χ1) is 8.23. The summed E-state index contributed by atoms with van der Waals surface area (Å²) in [5.74, 6) is 0.482. The van der Waals surface area contributed by atoms with E-state index in [-0.39, 0.29) is 24.2 Å². The van der Waals surface area contributed by atoms with Crippen molar-refractivity contribution in [3.8, 4) is 0 Å². The summed E-state index contributed by atoms with van der Waals surface area (Å²) in [5, 5.41) is 0. The molecule has 0 aromatic heterocycles. The third kappa shape index (κ3) is 2.41. The number of carbonyl (C=O) groups excluding carboxylic acids is 1. The van der Waals surface area contributed by atoms with Crippen LogP contribution in [0, 0.1) is 5.92 Å². The molecule has 1 heterocycles. The first-order valence-corrected chi connectivity index (χ1v) is 6.78. The monoisotopic (exact) mass is 250 g/mol. The molecular weight excluding hydrogens is 227 g/mol. The molecule has 0 amide bonds. The fraction of sp³-hybridized carbons (Fsp3) is 0.786. The van der Waals surface area contributed by atoms with Crippen molar-refractivity contribution >= 4 is 12.9 Å². The summed E-state index contributed by atoms with van der Waals surface area (Å²) >= 11 is 0. The lowest BCUT2D eigenvalue weighted by Crippen LogP contribution is -2.41. The van der Waals surface area contributed by atoms with Crippen LogP contribution in [-0.2, 0) is 14.1 Å². The van der Waals surface area contributed by atoms with Gasteiger partial charge in [0, 0.05) is 5.92 Å². The van der Waals surface area contributed by atoms with Crippen LogP contribution in [-0.4, -0.2) is 24.1 Å². The zero-order valence-corrected chi connectivity index (χ0v) is 12.1. The van der Waals surface area contributed by atoms with Gasteiger partial charge in [0.2, 0.25) is 0 Å². The summed E-state index contributed by atoms with van der Waals surface area (Å²) in [6.07, 6.45) is 4.79. The first-order valence-electron chi connectivity index (χ1n) is 6.78.